The lowest BCUT2D eigenvalue weighted by atomic mass is 9.98. The molecule has 0 spiro atoms. The number of rotatable bonds is 3. The lowest BCUT2D eigenvalue weighted by Gasteiger charge is -2.18. The van der Waals surface area contributed by atoms with Gasteiger partial charge in [-0.3, -0.25) is 0 Å². The van der Waals surface area contributed by atoms with Gasteiger partial charge in [0.2, 0.25) is 0 Å². The van der Waals surface area contributed by atoms with Crippen LogP contribution in [0.1, 0.15) is 46.5 Å². The second-order valence-corrected chi connectivity index (χ2v) is 3.84. The van der Waals surface area contributed by atoms with E-state index in [0.717, 1.165) is 18.0 Å². The van der Waals surface area contributed by atoms with E-state index in [1.54, 1.807) is 0 Å². The van der Waals surface area contributed by atoms with E-state index in [2.05, 4.69) is 26.1 Å². The van der Waals surface area contributed by atoms with Gasteiger partial charge in [-0.2, -0.15) is 0 Å². The summed E-state index contributed by atoms with van der Waals surface area (Å²) in [5, 5.41) is 3.69. The van der Waals surface area contributed by atoms with E-state index in [1.807, 2.05) is 0 Å². The zero-order valence-electron chi connectivity index (χ0n) is 8.06. The Morgan fingerprint density at radius 1 is 1.36 bits per heavy atom. The summed E-state index contributed by atoms with van der Waals surface area (Å²) >= 11 is 0. The Balaban J connectivity index is 2.29. The van der Waals surface area contributed by atoms with Crippen molar-refractivity contribution in [3.63, 3.8) is 0 Å². The predicted molar refractivity (Wildman–Crippen MR) is 49.7 cm³/mol. The van der Waals surface area contributed by atoms with Crippen LogP contribution in [0.25, 0.3) is 0 Å². The normalized spacial score (nSPS) is 34.1. The first-order valence-electron chi connectivity index (χ1n) is 5.04. The van der Waals surface area contributed by atoms with Crippen molar-refractivity contribution in [3.8, 4) is 0 Å². The first-order chi connectivity index (χ1) is 5.27. The molecule has 1 heterocycles. The van der Waals surface area contributed by atoms with Crippen LogP contribution < -0.4 is 5.32 Å². The van der Waals surface area contributed by atoms with Gasteiger partial charge in [0.05, 0.1) is 0 Å². The molecule has 66 valence electrons. The maximum Gasteiger partial charge on any atom is 0.00957 e. The van der Waals surface area contributed by atoms with E-state index in [1.165, 1.54) is 25.7 Å². The van der Waals surface area contributed by atoms with E-state index in [4.69, 9.17) is 0 Å². The Hall–Kier alpha value is -0.0400. The van der Waals surface area contributed by atoms with Gasteiger partial charge in [0, 0.05) is 12.1 Å². The molecule has 1 N–H and O–H groups in total. The summed E-state index contributed by atoms with van der Waals surface area (Å²) in [7, 11) is 0. The van der Waals surface area contributed by atoms with Crippen LogP contribution in [-0.2, 0) is 0 Å². The molecule has 1 rings (SSSR count). The first-order valence-corrected chi connectivity index (χ1v) is 5.04. The first kappa shape index (κ1) is 9.05. The van der Waals surface area contributed by atoms with Crippen LogP contribution in [-0.4, -0.2) is 12.1 Å². The molecule has 1 heteroatoms. The quantitative estimate of drug-likeness (QED) is 0.660. The molecule has 1 fully saturated rings. The van der Waals surface area contributed by atoms with Gasteiger partial charge in [0.1, 0.15) is 0 Å². The Kier molecular flexibility index (Phi) is 3.38. The van der Waals surface area contributed by atoms with Crippen molar-refractivity contribution >= 4 is 0 Å². The number of hydrogen-bond donors (Lipinski definition) is 1. The topological polar surface area (TPSA) is 12.0 Å². The van der Waals surface area contributed by atoms with Crippen LogP contribution in [0, 0.1) is 5.92 Å². The summed E-state index contributed by atoms with van der Waals surface area (Å²) in [6, 6.07) is 1.62. The molecule has 1 aliphatic rings. The van der Waals surface area contributed by atoms with Gasteiger partial charge >= 0.3 is 0 Å². The van der Waals surface area contributed by atoms with E-state index in [-0.39, 0.29) is 0 Å². The summed E-state index contributed by atoms with van der Waals surface area (Å²) in [4.78, 5) is 0. The summed E-state index contributed by atoms with van der Waals surface area (Å²) in [5.74, 6) is 0.867. The van der Waals surface area contributed by atoms with E-state index in [9.17, 15) is 0 Å². The van der Waals surface area contributed by atoms with Gasteiger partial charge in [0.15, 0.2) is 0 Å². The molecule has 0 amide bonds. The molecule has 0 radical (unpaired) electrons. The zero-order chi connectivity index (χ0) is 8.27. The minimum atomic E-state index is 0.810. The molecule has 0 aromatic carbocycles. The van der Waals surface area contributed by atoms with Crippen LogP contribution in [0.15, 0.2) is 0 Å². The molecule has 0 aromatic heterocycles. The monoisotopic (exact) mass is 155 g/mol. The van der Waals surface area contributed by atoms with Crippen LogP contribution >= 0.6 is 0 Å². The molecule has 0 aromatic rings. The summed E-state index contributed by atoms with van der Waals surface area (Å²) in [6.45, 7) is 6.91. The van der Waals surface area contributed by atoms with Crippen molar-refractivity contribution in [2.24, 2.45) is 5.92 Å². The smallest absolute Gasteiger partial charge is 0.00957 e. The average Bonchev–Trinajstić information content (AvgIpc) is 2.50. The zero-order valence-corrected chi connectivity index (χ0v) is 8.06. The number of nitrogens with one attached hydrogen (secondary N) is 1. The third-order valence-electron chi connectivity index (χ3n) is 3.10. The fourth-order valence-electron chi connectivity index (χ4n) is 1.91. The van der Waals surface area contributed by atoms with Gasteiger partial charge < -0.3 is 5.32 Å². The highest BCUT2D eigenvalue weighted by atomic mass is 15.0. The van der Waals surface area contributed by atoms with Gasteiger partial charge in [0.25, 0.3) is 0 Å². The average molecular weight is 155 g/mol. The molecule has 11 heavy (non-hydrogen) atoms. The van der Waals surface area contributed by atoms with Crippen LogP contribution in [0.3, 0.4) is 0 Å². The molecule has 0 aliphatic carbocycles. The lowest BCUT2D eigenvalue weighted by Crippen LogP contribution is -2.33. The molecule has 1 aliphatic heterocycles. The predicted octanol–water partition coefficient (Wildman–Crippen LogP) is 2.56. The standard InChI is InChI=1S/C10H21N/c1-4-8(3)10-7-6-9(5-2)11-10/h8-11H,4-7H2,1-3H3. The molecule has 0 bridgehead atoms. The van der Waals surface area contributed by atoms with Crippen molar-refractivity contribution < 1.29 is 0 Å². The number of hydrogen-bond acceptors (Lipinski definition) is 1. The highest BCUT2D eigenvalue weighted by Crippen LogP contribution is 2.22. The van der Waals surface area contributed by atoms with Gasteiger partial charge in [-0.1, -0.05) is 27.2 Å². The third-order valence-corrected chi connectivity index (χ3v) is 3.10. The van der Waals surface area contributed by atoms with Crippen LogP contribution in [0.2, 0.25) is 0 Å². The lowest BCUT2D eigenvalue weighted by molar-refractivity contribution is 0.390. The second-order valence-electron chi connectivity index (χ2n) is 3.84. The van der Waals surface area contributed by atoms with E-state index < -0.39 is 0 Å². The van der Waals surface area contributed by atoms with E-state index >= 15 is 0 Å². The minimum absolute atomic E-state index is 0.810. The van der Waals surface area contributed by atoms with Crippen LogP contribution in [0.5, 0.6) is 0 Å². The fraction of sp³-hybridized carbons (Fsp3) is 1.00. The highest BCUT2D eigenvalue weighted by molar-refractivity contribution is 4.85. The Labute approximate surface area is 70.6 Å². The minimum Gasteiger partial charge on any atom is -0.311 e. The second kappa shape index (κ2) is 4.10. The molecule has 0 saturated carbocycles. The Bertz CT molecular complexity index is 111. The summed E-state index contributed by atoms with van der Waals surface area (Å²) in [5.41, 5.74) is 0. The summed E-state index contributed by atoms with van der Waals surface area (Å²) < 4.78 is 0. The molecular weight excluding hydrogens is 134 g/mol. The molecule has 1 saturated heterocycles. The van der Waals surface area contributed by atoms with Crippen molar-refractivity contribution in [1.29, 1.82) is 0 Å². The highest BCUT2D eigenvalue weighted by Gasteiger charge is 2.25. The van der Waals surface area contributed by atoms with Crippen molar-refractivity contribution in [2.45, 2.75) is 58.5 Å². The Morgan fingerprint density at radius 2 is 2.09 bits per heavy atom. The third kappa shape index (κ3) is 2.19. The van der Waals surface area contributed by atoms with Crippen molar-refractivity contribution in [2.75, 3.05) is 0 Å². The Morgan fingerprint density at radius 3 is 2.55 bits per heavy atom. The van der Waals surface area contributed by atoms with Crippen molar-refractivity contribution in [3.05, 3.63) is 0 Å². The van der Waals surface area contributed by atoms with Crippen molar-refractivity contribution in [1.82, 2.24) is 5.32 Å². The SMILES string of the molecule is CCC1CCC(C(C)CC)N1. The van der Waals surface area contributed by atoms with Gasteiger partial charge in [-0.25, -0.2) is 0 Å². The molecule has 1 nitrogen and oxygen atoms in total. The fourth-order valence-corrected chi connectivity index (χ4v) is 1.91. The molecule has 3 unspecified atom stereocenters. The van der Waals surface area contributed by atoms with E-state index in [0.29, 0.717) is 0 Å². The maximum absolute atomic E-state index is 3.69. The summed E-state index contributed by atoms with van der Waals surface area (Å²) in [6.07, 6.45) is 5.40. The van der Waals surface area contributed by atoms with Crippen LogP contribution in [0.4, 0.5) is 0 Å². The van der Waals surface area contributed by atoms with Gasteiger partial charge in [-0.05, 0) is 25.2 Å². The van der Waals surface area contributed by atoms with Gasteiger partial charge in [-0.15, -0.1) is 0 Å². The largest absolute Gasteiger partial charge is 0.311 e. The molecular formula is C10H21N. The molecule has 3 atom stereocenters. The maximum atomic E-state index is 3.69.